The molecule has 43 heavy (non-hydrogen) atoms. The fourth-order valence-corrected chi connectivity index (χ4v) is 4.35. The third-order valence-electron chi connectivity index (χ3n) is 7.02. The van der Waals surface area contributed by atoms with Crippen LogP contribution in [-0.4, -0.2) is 95.3 Å². The highest BCUT2D eigenvalue weighted by atomic mass is 16.5. The van der Waals surface area contributed by atoms with Crippen molar-refractivity contribution >= 4 is 35.4 Å². The molecule has 1 heterocycles. The number of nitrogens with one attached hydrogen (secondary N) is 4. The minimum absolute atomic E-state index is 0.0114. The van der Waals surface area contributed by atoms with Gasteiger partial charge in [-0.1, -0.05) is 25.7 Å². The van der Waals surface area contributed by atoms with E-state index < -0.39 is 11.8 Å². The molecular weight excluding hydrogens is 560 g/mol. The van der Waals surface area contributed by atoms with Crippen molar-refractivity contribution in [3.63, 3.8) is 0 Å². The highest BCUT2D eigenvalue weighted by Crippen LogP contribution is 2.05. The first-order chi connectivity index (χ1) is 20.7. The molecule has 0 bridgehead atoms. The standard InChI is InChI=1S/C29H52N6O8/c36-24-12-13-25(37)31-20-8-3-4-10-22-34(42)28(40)16-15-27(39)33-21-9-5-11-23-35(43)29(41)17-14-26(38)32-19-7-2-1-6-18-30-24/h42-43H,1-23H2,(H,30,36)(H,31,37)(H,32,38)(H,33,39). The van der Waals surface area contributed by atoms with E-state index in [1.807, 2.05) is 0 Å². The molecule has 0 atom stereocenters. The van der Waals surface area contributed by atoms with E-state index in [1.54, 1.807) is 0 Å². The van der Waals surface area contributed by atoms with Crippen molar-refractivity contribution in [2.75, 3.05) is 39.3 Å². The van der Waals surface area contributed by atoms with E-state index in [9.17, 15) is 39.2 Å². The third-order valence-corrected chi connectivity index (χ3v) is 7.02. The monoisotopic (exact) mass is 612 g/mol. The molecule has 1 rings (SSSR count). The zero-order valence-corrected chi connectivity index (χ0v) is 25.5. The van der Waals surface area contributed by atoms with Gasteiger partial charge in [0.05, 0.1) is 0 Å². The summed E-state index contributed by atoms with van der Waals surface area (Å²) in [6.07, 6.45) is 8.06. The van der Waals surface area contributed by atoms with Crippen LogP contribution in [0.25, 0.3) is 0 Å². The van der Waals surface area contributed by atoms with Gasteiger partial charge in [0.15, 0.2) is 0 Å². The van der Waals surface area contributed by atoms with E-state index in [2.05, 4.69) is 21.3 Å². The van der Waals surface area contributed by atoms with Gasteiger partial charge in [-0.3, -0.25) is 39.2 Å². The second-order valence-electron chi connectivity index (χ2n) is 10.8. The zero-order chi connectivity index (χ0) is 31.7. The number of amides is 6. The van der Waals surface area contributed by atoms with E-state index in [0.29, 0.717) is 62.0 Å². The molecule has 6 N–H and O–H groups in total. The molecular formula is C29H52N6O8. The fraction of sp³-hybridized carbons (Fsp3) is 0.793. The molecule has 14 heteroatoms. The fourth-order valence-electron chi connectivity index (χ4n) is 4.35. The topological polar surface area (TPSA) is 197 Å². The van der Waals surface area contributed by atoms with E-state index in [1.165, 1.54) is 0 Å². The van der Waals surface area contributed by atoms with Crippen molar-refractivity contribution in [2.45, 2.75) is 109 Å². The summed E-state index contributed by atoms with van der Waals surface area (Å²) in [4.78, 5) is 72.0. The predicted octanol–water partition coefficient (Wildman–Crippen LogP) is 1.53. The molecule has 1 aliphatic rings. The van der Waals surface area contributed by atoms with E-state index in [-0.39, 0.29) is 75.2 Å². The smallest absolute Gasteiger partial charge is 0.246 e. The quantitative estimate of drug-likeness (QED) is 0.221. The summed E-state index contributed by atoms with van der Waals surface area (Å²) in [6.45, 7) is 2.20. The van der Waals surface area contributed by atoms with E-state index in [4.69, 9.17) is 0 Å². The maximum absolute atomic E-state index is 12.1. The van der Waals surface area contributed by atoms with Crippen LogP contribution < -0.4 is 21.3 Å². The first-order valence-electron chi connectivity index (χ1n) is 15.7. The lowest BCUT2D eigenvalue weighted by Crippen LogP contribution is -2.31. The Morgan fingerprint density at radius 3 is 0.953 bits per heavy atom. The van der Waals surface area contributed by atoms with Crippen molar-refractivity contribution in [1.82, 2.24) is 31.4 Å². The van der Waals surface area contributed by atoms with Crippen LogP contribution in [0.2, 0.25) is 0 Å². The summed E-state index contributed by atoms with van der Waals surface area (Å²) >= 11 is 0. The number of hydrogen-bond donors (Lipinski definition) is 6. The molecule has 0 aromatic carbocycles. The number of carbonyl (C=O) groups excluding carboxylic acids is 6. The Kier molecular flexibility index (Phi) is 21.3. The molecule has 246 valence electrons. The first-order valence-corrected chi connectivity index (χ1v) is 15.7. The van der Waals surface area contributed by atoms with Gasteiger partial charge < -0.3 is 21.3 Å². The molecule has 14 nitrogen and oxygen atoms in total. The zero-order valence-electron chi connectivity index (χ0n) is 25.5. The summed E-state index contributed by atoms with van der Waals surface area (Å²) in [5, 5.41) is 32.2. The van der Waals surface area contributed by atoms with Crippen LogP contribution in [0.4, 0.5) is 0 Å². The Bertz CT molecular complexity index is 872. The summed E-state index contributed by atoms with van der Waals surface area (Å²) in [5.74, 6) is -1.95. The molecule has 0 saturated carbocycles. The van der Waals surface area contributed by atoms with Gasteiger partial charge in [-0.25, -0.2) is 10.1 Å². The minimum Gasteiger partial charge on any atom is -0.356 e. The van der Waals surface area contributed by atoms with Gasteiger partial charge in [0.25, 0.3) is 0 Å². The Morgan fingerprint density at radius 1 is 0.372 bits per heavy atom. The first kappa shape index (κ1) is 37.8. The minimum atomic E-state index is -0.526. The second kappa shape index (κ2) is 24.2. The molecule has 0 radical (unpaired) electrons. The van der Waals surface area contributed by atoms with Gasteiger partial charge in [-0.05, 0) is 44.9 Å². The average molecular weight is 613 g/mol. The molecule has 1 saturated heterocycles. The van der Waals surface area contributed by atoms with Crippen molar-refractivity contribution in [3.8, 4) is 0 Å². The number of nitrogens with zero attached hydrogens (tertiary/aromatic N) is 2. The number of hydroxylamine groups is 4. The molecule has 0 unspecified atom stereocenters. The lowest BCUT2D eigenvalue weighted by atomic mass is 10.2. The Hall–Kier alpha value is -3.26. The van der Waals surface area contributed by atoms with Crippen LogP contribution in [0.1, 0.15) is 109 Å². The highest BCUT2D eigenvalue weighted by Gasteiger charge is 2.14. The Balaban J connectivity index is 2.42. The Labute approximate surface area is 254 Å². The van der Waals surface area contributed by atoms with Gasteiger partial charge >= 0.3 is 0 Å². The number of hydrogen-bond acceptors (Lipinski definition) is 8. The van der Waals surface area contributed by atoms with Crippen molar-refractivity contribution in [2.24, 2.45) is 0 Å². The third kappa shape index (κ3) is 21.1. The largest absolute Gasteiger partial charge is 0.356 e. The van der Waals surface area contributed by atoms with Crippen LogP contribution in [0.5, 0.6) is 0 Å². The highest BCUT2D eigenvalue weighted by molar-refractivity contribution is 5.84. The second-order valence-corrected chi connectivity index (χ2v) is 10.8. The van der Waals surface area contributed by atoms with Crippen LogP contribution in [0.3, 0.4) is 0 Å². The molecule has 0 aromatic heterocycles. The summed E-state index contributed by atoms with van der Waals surface area (Å²) in [5.41, 5.74) is 0. The summed E-state index contributed by atoms with van der Waals surface area (Å²) in [6, 6.07) is 0. The van der Waals surface area contributed by atoms with Gasteiger partial charge in [0, 0.05) is 77.8 Å². The predicted molar refractivity (Wildman–Crippen MR) is 158 cm³/mol. The normalized spacial score (nSPS) is 21.4. The maximum atomic E-state index is 12.1. The van der Waals surface area contributed by atoms with Crippen LogP contribution >= 0.6 is 0 Å². The molecule has 0 aliphatic carbocycles. The van der Waals surface area contributed by atoms with Gasteiger partial charge in [-0.15, -0.1) is 0 Å². The van der Waals surface area contributed by atoms with Crippen LogP contribution in [0, 0.1) is 0 Å². The Morgan fingerprint density at radius 2 is 0.628 bits per heavy atom. The van der Waals surface area contributed by atoms with E-state index in [0.717, 1.165) is 44.9 Å². The van der Waals surface area contributed by atoms with Crippen molar-refractivity contribution < 1.29 is 39.2 Å². The maximum Gasteiger partial charge on any atom is 0.246 e. The average Bonchev–Trinajstić information content (AvgIpc) is 2.99. The lowest BCUT2D eigenvalue weighted by Gasteiger charge is -2.15. The van der Waals surface area contributed by atoms with Crippen molar-refractivity contribution in [3.05, 3.63) is 0 Å². The summed E-state index contributed by atoms with van der Waals surface area (Å²) in [7, 11) is 0. The molecule has 6 amide bonds. The molecule has 0 aromatic rings. The lowest BCUT2D eigenvalue weighted by molar-refractivity contribution is -0.166. The number of carbonyl (C=O) groups is 6. The SMILES string of the molecule is O=C1CCC(=O)NCCCCCCN(O)C(=O)CCC(=O)NCCCCCN(O)C(=O)CCC(=O)NCCCCCCN1. The van der Waals surface area contributed by atoms with Crippen LogP contribution in [-0.2, 0) is 28.8 Å². The molecule has 1 fully saturated rings. The summed E-state index contributed by atoms with van der Waals surface area (Å²) < 4.78 is 0. The van der Waals surface area contributed by atoms with Gasteiger partial charge in [0.1, 0.15) is 0 Å². The van der Waals surface area contributed by atoms with Gasteiger partial charge in [0.2, 0.25) is 35.4 Å². The van der Waals surface area contributed by atoms with Gasteiger partial charge in [-0.2, -0.15) is 0 Å². The molecule has 0 spiro atoms. The van der Waals surface area contributed by atoms with Crippen molar-refractivity contribution in [1.29, 1.82) is 0 Å². The number of rotatable bonds is 0. The van der Waals surface area contributed by atoms with E-state index >= 15 is 0 Å². The van der Waals surface area contributed by atoms with Crippen LogP contribution in [0.15, 0.2) is 0 Å². The molecule has 1 aliphatic heterocycles.